The smallest absolute Gasteiger partial charge is 0.0463 e. The zero-order chi connectivity index (χ0) is 16.9. The fraction of sp³-hybridized carbons (Fsp3) is 0.273. The third kappa shape index (κ3) is 4.08. The minimum absolute atomic E-state index is 0.488. The van der Waals surface area contributed by atoms with Crippen LogP contribution in [-0.2, 0) is 0 Å². The van der Waals surface area contributed by atoms with Gasteiger partial charge in [-0.25, -0.2) is 0 Å². The fourth-order valence-corrected chi connectivity index (χ4v) is 3.19. The molecule has 1 atom stereocenters. The second-order valence-corrected chi connectivity index (χ2v) is 6.90. The van der Waals surface area contributed by atoms with Gasteiger partial charge in [0.15, 0.2) is 0 Å². The third-order valence-electron chi connectivity index (χ3n) is 4.19. The van der Waals surface area contributed by atoms with Crippen LogP contribution in [0.2, 0.25) is 0 Å². The van der Waals surface area contributed by atoms with Gasteiger partial charge in [-0.3, -0.25) is 0 Å². The Morgan fingerprint density at radius 1 is 0.750 bits per heavy atom. The Balaban J connectivity index is 1.72. The number of rotatable bonds is 6. The normalized spacial score (nSPS) is 12.3. The third-order valence-corrected chi connectivity index (χ3v) is 4.19. The van der Waals surface area contributed by atoms with Gasteiger partial charge in [0, 0.05) is 28.5 Å². The molecule has 0 aromatic heterocycles. The van der Waals surface area contributed by atoms with Crippen molar-refractivity contribution in [2.45, 2.75) is 33.2 Å². The number of hydrogen-bond donors (Lipinski definition) is 2. The first-order chi connectivity index (χ1) is 11.6. The van der Waals surface area contributed by atoms with E-state index in [0.717, 1.165) is 11.4 Å². The van der Waals surface area contributed by atoms with Gasteiger partial charge in [0.1, 0.15) is 0 Å². The minimum Gasteiger partial charge on any atom is -0.383 e. The molecule has 0 aliphatic rings. The van der Waals surface area contributed by atoms with Gasteiger partial charge in [0.05, 0.1) is 0 Å². The molecule has 0 saturated carbocycles. The van der Waals surface area contributed by atoms with E-state index >= 15 is 0 Å². The lowest BCUT2D eigenvalue weighted by Gasteiger charge is -2.17. The highest BCUT2D eigenvalue weighted by molar-refractivity contribution is 5.95. The maximum atomic E-state index is 3.57. The van der Waals surface area contributed by atoms with E-state index in [-0.39, 0.29) is 0 Å². The van der Waals surface area contributed by atoms with Crippen LogP contribution in [0.5, 0.6) is 0 Å². The van der Waals surface area contributed by atoms with E-state index in [1.165, 1.54) is 22.9 Å². The molecule has 1 unspecified atom stereocenters. The van der Waals surface area contributed by atoms with E-state index in [0.29, 0.717) is 12.0 Å². The van der Waals surface area contributed by atoms with Crippen LogP contribution in [0, 0.1) is 5.92 Å². The van der Waals surface area contributed by atoms with E-state index in [1.807, 2.05) is 0 Å². The first-order valence-electron chi connectivity index (χ1n) is 8.73. The molecule has 0 fully saturated rings. The lowest BCUT2D eigenvalue weighted by Crippen LogP contribution is -2.17. The molecule has 3 aromatic carbocycles. The molecule has 3 rings (SSSR count). The predicted molar refractivity (Wildman–Crippen MR) is 106 cm³/mol. The predicted octanol–water partition coefficient (Wildman–Crippen LogP) is 6.43. The second-order valence-electron chi connectivity index (χ2n) is 6.90. The molecule has 0 heterocycles. The first kappa shape index (κ1) is 16.4. The van der Waals surface area contributed by atoms with E-state index in [4.69, 9.17) is 0 Å². The van der Waals surface area contributed by atoms with Crippen molar-refractivity contribution in [3.05, 3.63) is 66.7 Å². The number of fused-ring (bicyclic) bond motifs is 1. The summed E-state index contributed by atoms with van der Waals surface area (Å²) in [6.45, 7) is 6.76. The number of hydrogen-bond acceptors (Lipinski definition) is 2. The number of nitrogens with one attached hydrogen (secondary N) is 2. The van der Waals surface area contributed by atoms with Crippen molar-refractivity contribution in [2.75, 3.05) is 10.6 Å². The lowest BCUT2D eigenvalue weighted by molar-refractivity contribution is 0.540. The van der Waals surface area contributed by atoms with Crippen LogP contribution >= 0.6 is 0 Å². The Hall–Kier alpha value is -2.48. The molecule has 0 radical (unpaired) electrons. The van der Waals surface area contributed by atoms with Crippen LogP contribution in [0.3, 0.4) is 0 Å². The van der Waals surface area contributed by atoms with Gasteiger partial charge in [0.2, 0.25) is 0 Å². The topological polar surface area (TPSA) is 24.1 Å². The summed E-state index contributed by atoms with van der Waals surface area (Å²) in [7, 11) is 0. The minimum atomic E-state index is 0.488. The molecule has 124 valence electrons. The summed E-state index contributed by atoms with van der Waals surface area (Å²) in [4.78, 5) is 0. The summed E-state index contributed by atoms with van der Waals surface area (Å²) in [5.41, 5.74) is 3.42. The highest BCUT2D eigenvalue weighted by Gasteiger charge is 2.05. The van der Waals surface area contributed by atoms with Gasteiger partial charge in [-0.15, -0.1) is 0 Å². The maximum absolute atomic E-state index is 3.57. The van der Waals surface area contributed by atoms with Crippen molar-refractivity contribution in [3.8, 4) is 0 Å². The van der Waals surface area contributed by atoms with Gasteiger partial charge in [-0.2, -0.15) is 0 Å². The quantitative estimate of drug-likeness (QED) is 0.547. The molecular weight excluding hydrogens is 292 g/mol. The largest absolute Gasteiger partial charge is 0.383 e. The molecular formula is C22H26N2. The molecule has 3 aromatic rings. The molecule has 0 bridgehead atoms. The SMILES string of the molecule is CC(C)CC(C)Nc1ccc(Nc2cccc3ccccc23)cc1. The van der Waals surface area contributed by atoms with E-state index in [1.54, 1.807) is 0 Å². The van der Waals surface area contributed by atoms with Crippen LogP contribution in [0.4, 0.5) is 17.1 Å². The van der Waals surface area contributed by atoms with Crippen molar-refractivity contribution in [2.24, 2.45) is 5.92 Å². The van der Waals surface area contributed by atoms with Crippen LogP contribution in [0.25, 0.3) is 10.8 Å². The van der Waals surface area contributed by atoms with Gasteiger partial charge < -0.3 is 10.6 Å². The molecule has 0 amide bonds. The van der Waals surface area contributed by atoms with Gasteiger partial charge >= 0.3 is 0 Å². The van der Waals surface area contributed by atoms with Crippen molar-refractivity contribution >= 4 is 27.8 Å². The van der Waals surface area contributed by atoms with E-state index in [9.17, 15) is 0 Å². The summed E-state index contributed by atoms with van der Waals surface area (Å²) < 4.78 is 0. The Bertz CT molecular complexity index is 785. The average molecular weight is 318 g/mol. The summed E-state index contributed by atoms with van der Waals surface area (Å²) >= 11 is 0. The Kier molecular flexibility index (Phi) is 5.05. The van der Waals surface area contributed by atoms with Crippen molar-refractivity contribution in [3.63, 3.8) is 0 Å². The van der Waals surface area contributed by atoms with Crippen LogP contribution in [-0.4, -0.2) is 6.04 Å². The zero-order valence-electron chi connectivity index (χ0n) is 14.7. The maximum Gasteiger partial charge on any atom is 0.0463 e. The fourth-order valence-electron chi connectivity index (χ4n) is 3.19. The molecule has 0 saturated heterocycles. The standard InChI is InChI=1S/C22H26N2/c1-16(2)15-17(3)23-19-11-13-20(14-12-19)24-22-10-6-8-18-7-4-5-9-21(18)22/h4-14,16-17,23-24H,15H2,1-3H3. The highest BCUT2D eigenvalue weighted by Crippen LogP contribution is 2.27. The first-order valence-corrected chi connectivity index (χ1v) is 8.73. The Morgan fingerprint density at radius 2 is 1.42 bits per heavy atom. The van der Waals surface area contributed by atoms with Crippen molar-refractivity contribution < 1.29 is 0 Å². The van der Waals surface area contributed by atoms with Gasteiger partial charge in [-0.05, 0) is 55.0 Å². The van der Waals surface area contributed by atoms with E-state index in [2.05, 4.69) is 98.1 Å². The monoisotopic (exact) mass is 318 g/mol. The summed E-state index contributed by atoms with van der Waals surface area (Å²) in [6.07, 6.45) is 1.18. The molecule has 2 heteroatoms. The number of benzene rings is 3. The average Bonchev–Trinajstić information content (AvgIpc) is 2.56. The Labute approximate surface area is 144 Å². The second kappa shape index (κ2) is 7.39. The van der Waals surface area contributed by atoms with Crippen LogP contribution < -0.4 is 10.6 Å². The van der Waals surface area contributed by atoms with Crippen molar-refractivity contribution in [1.29, 1.82) is 0 Å². The number of anilines is 3. The molecule has 0 aliphatic carbocycles. The Morgan fingerprint density at radius 3 is 2.17 bits per heavy atom. The van der Waals surface area contributed by atoms with Gasteiger partial charge in [-0.1, -0.05) is 50.2 Å². The van der Waals surface area contributed by atoms with Gasteiger partial charge in [0.25, 0.3) is 0 Å². The molecule has 0 spiro atoms. The molecule has 0 aliphatic heterocycles. The van der Waals surface area contributed by atoms with Crippen molar-refractivity contribution in [1.82, 2.24) is 0 Å². The summed E-state index contributed by atoms with van der Waals surface area (Å²) in [6, 6.07) is 23.8. The zero-order valence-corrected chi connectivity index (χ0v) is 14.7. The summed E-state index contributed by atoms with van der Waals surface area (Å²) in [5, 5.41) is 9.59. The van der Waals surface area contributed by atoms with Crippen LogP contribution in [0.1, 0.15) is 27.2 Å². The highest BCUT2D eigenvalue weighted by atomic mass is 14.9. The molecule has 2 N–H and O–H groups in total. The van der Waals surface area contributed by atoms with E-state index < -0.39 is 0 Å². The van der Waals surface area contributed by atoms with Crippen LogP contribution in [0.15, 0.2) is 66.7 Å². The molecule has 2 nitrogen and oxygen atoms in total. The molecule has 24 heavy (non-hydrogen) atoms. The lowest BCUT2D eigenvalue weighted by atomic mass is 10.1. The summed E-state index contributed by atoms with van der Waals surface area (Å²) in [5.74, 6) is 0.708.